The number of ether oxygens (including phenoxy) is 2. The minimum Gasteiger partial charge on any atom is -0.490 e. The predicted octanol–water partition coefficient (Wildman–Crippen LogP) is 4.30. The molecule has 0 aliphatic rings. The molecule has 0 aliphatic carbocycles. The highest BCUT2D eigenvalue weighted by Crippen LogP contribution is 2.26. The number of hydrogen-bond donors (Lipinski definition) is 1. The van der Waals surface area contributed by atoms with Crippen molar-refractivity contribution in [3.05, 3.63) is 53.8 Å². The van der Waals surface area contributed by atoms with Crippen molar-refractivity contribution in [3.8, 4) is 11.5 Å². The van der Waals surface area contributed by atoms with Gasteiger partial charge in [-0.1, -0.05) is 12.1 Å². The fourth-order valence-corrected chi connectivity index (χ4v) is 2.09. The van der Waals surface area contributed by atoms with E-state index in [-0.39, 0.29) is 13.0 Å². The van der Waals surface area contributed by atoms with Gasteiger partial charge in [0.15, 0.2) is 29.0 Å². The molecular formula is C18H18F3NO3. The second kappa shape index (κ2) is 8.96. The van der Waals surface area contributed by atoms with Gasteiger partial charge in [0.1, 0.15) is 0 Å². The molecule has 0 saturated heterocycles. The van der Waals surface area contributed by atoms with Crippen LogP contribution in [-0.4, -0.2) is 19.1 Å². The normalized spacial score (nSPS) is 10.4. The molecule has 0 atom stereocenters. The second-order valence-electron chi connectivity index (χ2n) is 5.10. The predicted molar refractivity (Wildman–Crippen MR) is 87.3 cm³/mol. The van der Waals surface area contributed by atoms with Gasteiger partial charge >= 0.3 is 0 Å². The van der Waals surface area contributed by atoms with E-state index in [1.54, 1.807) is 18.2 Å². The number of hydrogen-bond acceptors (Lipinski definition) is 3. The van der Waals surface area contributed by atoms with Gasteiger partial charge in [-0.05, 0) is 37.6 Å². The van der Waals surface area contributed by atoms with Gasteiger partial charge in [0.05, 0.1) is 18.9 Å². The molecule has 2 rings (SSSR count). The number of anilines is 1. The summed E-state index contributed by atoms with van der Waals surface area (Å²) in [6.45, 7) is 2.61. The third kappa shape index (κ3) is 5.14. The quantitative estimate of drug-likeness (QED) is 0.569. The van der Waals surface area contributed by atoms with Crippen molar-refractivity contribution in [1.29, 1.82) is 0 Å². The molecule has 0 bridgehead atoms. The van der Waals surface area contributed by atoms with Crippen LogP contribution in [0.2, 0.25) is 0 Å². The molecule has 0 heterocycles. The Morgan fingerprint density at radius 1 is 1.00 bits per heavy atom. The molecule has 0 unspecified atom stereocenters. The maximum Gasteiger partial charge on any atom is 0.224 e. The topological polar surface area (TPSA) is 47.6 Å². The van der Waals surface area contributed by atoms with E-state index < -0.39 is 29.0 Å². The summed E-state index contributed by atoms with van der Waals surface area (Å²) in [5, 5.41) is 2.21. The molecular weight excluding hydrogens is 335 g/mol. The summed E-state index contributed by atoms with van der Waals surface area (Å²) in [5.74, 6) is -3.69. The molecule has 134 valence electrons. The Balaban J connectivity index is 1.81. The van der Waals surface area contributed by atoms with Gasteiger partial charge in [-0.2, -0.15) is 0 Å². The average Bonchev–Trinajstić information content (AvgIpc) is 2.61. The SMILES string of the molecule is CCOc1ccccc1OCCCC(=O)Nc1ccc(F)c(F)c1F. The van der Waals surface area contributed by atoms with Gasteiger partial charge in [0, 0.05) is 6.42 Å². The minimum absolute atomic E-state index is 0.0369. The number of para-hydroxylation sites is 2. The molecule has 1 amide bonds. The van der Waals surface area contributed by atoms with Gasteiger partial charge in [0.2, 0.25) is 5.91 Å². The van der Waals surface area contributed by atoms with E-state index in [9.17, 15) is 18.0 Å². The Bertz CT molecular complexity index is 738. The molecule has 0 spiro atoms. The summed E-state index contributed by atoms with van der Waals surface area (Å²) in [5.41, 5.74) is -0.397. The first-order valence-corrected chi connectivity index (χ1v) is 7.81. The molecule has 25 heavy (non-hydrogen) atoms. The van der Waals surface area contributed by atoms with Crippen LogP contribution in [0.15, 0.2) is 36.4 Å². The molecule has 0 saturated carbocycles. The highest BCUT2D eigenvalue weighted by Gasteiger charge is 2.15. The largest absolute Gasteiger partial charge is 0.490 e. The molecule has 7 heteroatoms. The maximum absolute atomic E-state index is 13.5. The van der Waals surface area contributed by atoms with Crippen molar-refractivity contribution in [2.45, 2.75) is 19.8 Å². The van der Waals surface area contributed by atoms with Crippen LogP contribution in [0.25, 0.3) is 0 Å². The minimum atomic E-state index is -1.62. The standard InChI is InChI=1S/C18H18F3NO3/c1-2-24-14-6-3-4-7-15(14)25-11-5-8-16(23)22-13-10-9-12(19)17(20)18(13)21/h3-4,6-7,9-10H,2,5,8,11H2,1H3,(H,22,23). The summed E-state index contributed by atoms with van der Waals surface area (Å²) < 4.78 is 50.4. The van der Waals surface area contributed by atoms with Crippen LogP contribution in [-0.2, 0) is 4.79 Å². The highest BCUT2D eigenvalue weighted by atomic mass is 19.2. The van der Waals surface area contributed by atoms with E-state index in [2.05, 4.69) is 5.32 Å². The fraction of sp³-hybridized carbons (Fsp3) is 0.278. The van der Waals surface area contributed by atoms with Crippen LogP contribution in [0.1, 0.15) is 19.8 Å². The molecule has 1 N–H and O–H groups in total. The number of nitrogens with one attached hydrogen (secondary N) is 1. The number of benzene rings is 2. The van der Waals surface area contributed by atoms with Crippen LogP contribution in [0.5, 0.6) is 11.5 Å². The van der Waals surface area contributed by atoms with Gasteiger partial charge < -0.3 is 14.8 Å². The number of amides is 1. The van der Waals surface area contributed by atoms with Gasteiger partial charge in [0.25, 0.3) is 0 Å². The van der Waals surface area contributed by atoms with E-state index in [4.69, 9.17) is 9.47 Å². The Kier molecular flexibility index (Phi) is 6.68. The Morgan fingerprint density at radius 3 is 2.36 bits per heavy atom. The van der Waals surface area contributed by atoms with Crippen LogP contribution in [0, 0.1) is 17.5 Å². The summed E-state index contributed by atoms with van der Waals surface area (Å²) >= 11 is 0. The lowest BCUT2D eigenvalue weighted by molar-refractivity contribution is -0.116. The molecule has 0 fully saturated rings. The first-order chi connectivity index (χ1) is 12.0. The van der Waals surface area contributed by atoms with Crippen LogP contribution >= 0.6 is 0 Å². The van der Waals surface area contributed by atoms with Crippen molar-refractivity contribution in [2.75, 3.05) is 18.5 Å². The monoisotopic (exact) mass is 353 g/mol. The zero-order valence-electron chi connectivity index (χ0n) is 13.7. The molecule has 2 aromatic rings. The van der Waals surface area contributed by atoms with Crippen molar-refractivity contribution in [1.82, 2.24) is 0 Å². The summed E-state index contributed by atoms with van der Waals surface area (Å²) in [6.07, 6.45) is 0.396. The van der Waals surface area contributed by atoms with E-state index in [1.165, 1.54) is 0 Å². The van der Waals surface area contributed by atoms with Crippen molar-refractivity contribution in [2.24, 2.45) is 0 Å². The zero-order valence-corrected chi connectivity index (χ0v) is 13.7. The first-order valence-electron chi connectivity index (χ1n) is 7.81. The highest BCUT2D eigenvalue weighted by molar-refractivity contribution is 5.90. The van der Waals surface area contributed by atoms with E-state index >= 15 is 0 Å². The summed E-state index contributed by atoms with van der Waals surface area (Å²) in [7, 11) is 0. The Hall–Kier alpha value is -2.70. The Labute approximate surface area is 143 Å². The van der Waals surface area contributed by atoms with E-state index in [1.807, 2.05) is 13.0 Å². The molecule has 2 aromatic carbocycles. The van der Waals surface area contributed by atoms with Crippen molar-refractivity contribution >= 4 is 11.6 Å². The molecule has 4 nitrogen and oxygen atoms in total. The zero-order chi connectivity index (χ0) is 18.2. The number of rotatable bonds is 8. The van der Waals surface area contributed by atoms with Crippen molar-refractivity contribution < 1.29 is 27.4 Å². The lowest BCUT2D eigenvalue weighted by atomic mass is 10.2. The molecule has 0 radical (unpaired) electrons. The number of carbonyl (C=O) groups is 1. The van der Waals surface area contributed by atoms with Gasteiger partial charge in [-0.15, -0.1) is 0 Å². The maximum atomic E-state index is 13.5. The lowest BCUT2D eigenvalue weighted by Crippen LogP contribution is -2.14. The van der Waals surface area contributed by atoms with Crippen LogP contribution < -0.4 is 14.8 Å². The van der Waals surface area contributed by atoms with Gasteiger partial charge in [-0.3, -0.25) is 4.79 Å². The molecule has 0 aromatic heterocycles. The second-order valence-corrected chi connectivity index (χ2v) is 5.10. The van der Waals surface area contributed by atoms with Crippen LogP contribution in [0.4, 0.5) is 18.9 Å². The van der Waals surface area contributed by atoms with Gasteiger partial charge in [-0.25, -0.2) is 13.2 Å². The smallest absolute Gasteiger partial charge is 0.224 e. The van der Waals surface area contributed by atoms with E-state index in [0.29, 0.717) is 24.5 Å². The summed E-state index contributed by atoms with van der Waals surface area (Å²) in [4.78, 5) is 11.8. The summed E-state index contributed by atoms with van der Waals surface area (Å²) in [6, 6.07) is 8.87. The third-order valence-electron chi connectivity index (χ3n) is 3.26. The van der Waals surface area contributed by atoms with Crippen molar-refractivity contribution in [3.63, 3.8) is 0 Å². The Morgan fingerprint density at radius 2 is 1.68 bits per heavy atom. The third-order valence-corrected chi connectivity index (χ3v) is 3.26. The van der Waals surface area contributed by atoms with E-state index in [0.717, 1.165) is 12.1 Å². The number of halogens is 3. The fourth-order valence-electron chi connectivity index (χ4n) is 2.09. The number of carbonyl (C=O) groups excluding carboxylic acids is 1. The van der Waals surface area contributed by atoms with Crippen LogP contribution in [0.3, 0.4) is 0 Å². The first kappa shape index (κ1) is 18.6. The molecule has 0 aliphatic heterocycles. The lowest BCUT2D eigenvalue weighted by Gasteiger charge is -2.11. The average molecular weight is 353 g/mol.